The smallest absolute Gasteiger partial charge is 0.370 e. The molecule has 1 aliphatic rings. The van der Waals surface area contributed by atoms with Crippen LogP contribution in [0.5, 0.6) is 0 Å². The summed E-state index contributed by atoms with van der Waals surface area (Å²) < 4.78 is 106. The molecule has 1 saturated heterocycles. The highest BCUT2D eigenvalue weighted by Gasteiger charge is 2.43. The first kappa shape index (κ1) is 33.2. The lowest BCUT2D eigenvalue weighted by molar-refractivity contribution is -0.143. The number of amides is 1. The maximum absolute atomic E-state index is 13.9. The molecule has 1 fully saturated rings. The first-order valence-corrected chi connectivity index (χ1v) is 15.2. The number of halogens is 6. The summed E-state index contributed by atoms with van der Waals surface area (Å²) in [7, 11) is -2.18. The Hall–Kier alpha value is -3.65. The second-order valence-electron chi connectivity index (χ2n) is 11.6. The summed E-state index contributed by atoms with van der Waals surface area (Å²) in [6.07, 6.45) is -8.88. The number of hydrogen-bond donors (Lipinski definition) is 1. The molecule has 1 aliphatic heterocycles. The van der Waals surface area contributed by atoms with Gasteiger partial charge in [-0.15, -0.1) is 0 Å². The van der Waals surface area contributed by atoms with Crippen molar-refractivity contribution in [2.45, 2.75) is 51.2 Å². The van der Waals surface area contributed by atoms with E-state index in [2.05, 4.69) is 4.98 Å². The molecule has 2 heterocycles. The number of nitrogens with zero attached hydrogens (tertiary/aromatic N) is 3. The average molecular weight is 644 g/mol. The molecular formula is C30H31F6N3O4S. The number of aliphatic hydroxyl groups is 1. The number of alkyl halides is 6. The van der Waals surface area contributed by atoms with Gasteiger partial charge in [-0.2, -0.15) is 26.3 Å². The number of rotatable bonds is 5. The van der Waals surface area contributed by atoms with E-state index in [1.807, 2.05) is 0 Å². The molecule has 44 heavy (non-hydrogen) atoms. The largest absolute Gasteiger partial charge is 0.416 e. The Bertz CT molecular complexity index is 1670. The Morgan fingerprint density at radius 3 is 2.02 bits per heavy atom. The molecule has 0 bridgehead atoms. The molecule has 1 atom stereocenters. The second-order valence-corrected chi connectivity index (χ2v) is 13.8. The SMILES string of the molecule is Cc1ccccc1-c1cc(N2CCS(=O)(=O)CC2(C)O)ncc1N(C)C(=O)C(C)(C)c1cc(C(F)(F)F)cc(C(F)(F)F)c1. The van der Waals surface area contributed by atoms with Crippen LogP contribution in [-0.2, 0) is 32.4 Å². The Morgan fingerprint density at radius 1 is 0.955 bits per heavy atom. The lowest BCUT2D eigenvalue weighted by atomic mass is 9.81. The van der Waals surface area contributed by atoms with Crippen LogP contribution in [0.3, 0.4) is 0 Å². The molecule has 7 nitrogen and oxygen atoms in total. The molecule has 0 saturated carbocycles. The van der Waals surface area contributed by atoms with Gasteiger partial charge in [-0.05, 0) is 68.7 Å². The lowest BCUT2D eigenvalue weighted by Crippen LogP contribution is -2.57. The van der Waals surface area contributed by atoms with Gasteiger partial charge in [0.05, 0.1) is 39.9 Å². The van der Waals surface area contributed by atoms with Gasteiger partial charge < -0.3 is 14.9 Å². The van der Waals surface area contributed by atoms with Gasteiger partial charge in [-0.25, -0.2) is 13.4 Å². The number of benzene rings is 2. The normalized spacial score (nSPS) is 19.1. The topological polar surface area (TPSA) is 90.8 Å². The van der Waals surface area contributed by atoms with E-state index in [1.165, 1.54) is 38.9 Å². The highest BCUT2D eigenvalue weighted by molar-refractivity contribution is 7.91. The van der Waals surface area contributed by atoms with Crippen LogP contribution in [0.2, 0.25) is 0 Å². The van der Waals surface area contributed by atoms with E-state index in [0.29, 0.717) is 23.3 Å². The molecule has 1 aromatic heterocycles. The quantitative estimate of drug-likeness (QED) is 0.345. The minimum Gasteiger partial charge on any atom is -0.370 e. The van der Waals surface area contributed by atoms with E-state index in [4.69, 9.17) is 0 Å². The number of hydrogen-bond acceptors (Lipinski definition) is 6. The zero-order valence-electron chi connectivity index (χ0n) is 24.5. The predicted octanol–water partition coefficient (Wildman–Crippen LogP) is 5.98. The Kier molecular flexibility index (Phi) is 8.35. The molecule has 3 aromatic rings. The minimum absolute atomic E-state index is 0.00739. The van der Waals surface area contributed by atoms with Crippen molar-refractivity contribution in [2.75, 3.05) is 34.9 Å². The molecule has 4 rings (SSSR count). The third-order valence-corrected chi connectivity index (χ3v) is 9.58. The van der Waals surface area contributed by atoms with Crippen LogP contribution in [0.15, 0.2) is 54.7 Å². The maximum Gasteiger partial charge on any atom is 0.416 e. The number of likely N-dealkylation sites (N-methyl/N-ethyl adjacent to an activating group) is 1. The van der Waals surface area contributed by atoms with Crippen LogP contribution in [0.1, 0.15) is 43.0 Å². The molecule has 0 aliphatic carbocycles. The van der Waals surface area contributed by atoms with Crippen molar-refractivity contribution >= 4 is 27.2 Å². The third-order valence-electron chi connectivity index (χ3n) is 7.79. The van der Waals surface area contributed by atoms with Crippen LogP contribution in [0, 0.1) is 6.92 Å². The maximum atomic E-state index is 13.9. The van der Waals surface area contributed by atoms with Gasteiger partial charge in [-0.3, -0.25) is 4.79 Å². The number of pyridine rings is 1. The van der Waals surface area contributed by atoms with E-state index in [9.17, 15) is 44.7 Å². The van der Waals surface area contributed by atoms with Crippen LogP contribution < -0.4 is 9.80 Å². The second kappa shape index (κ2) is 11.1. The van der Waals surface area contributed by atoms with Gasteiger partial charge in [0.25, 0.3) is 0 Å². The Morgan fingerprint density at radius 2 is 1.50 bits per heavy atom. The molecule has 0 radical (unpaired) electrons. The summed E-state index contributed by atoms with van der Waals surface area (Å²) in [5.41, 5.74) is -5.19. The average Bonchev–Trinajstić information content (AvgIpc) is 2.90. The van der Waals surface area contributed by atoms with E-state index < -0.39 is 61.7 Å². The highest BCUT2D eigenvalue weighted by atomic mass is 32.2. The summed E-state index contributed by atoms with van der Waals surface area (Å²) in [5.74, 6) is -1.37. The summed E-state index contributed by atoms with van der Waals surface area (Å²) in [6.45, 7) is 5.56. The van der Waals surface area contributed by atoms with Gasteiger partial charge in [-0.1, -0.05) is 24.3 Å². The fraction of sp³-hybridized carbons (Fsp3) is 0.400. The number of carbonyl (C=O) groups excluding carboxylic acids is 1. The van der Waals surface area contributed by atoms with Crippen molar-refractivity contribution in [3.63, 3.8) is 0 Å². The molecule has 0 spiro atoms. The summed E-state index contributed by atoms with van der Waals surface area (Å²) in [6, 6.07) is 9.72. The molecule has 238 valence electrons. The van der Waals surface area contributed by atoms with Crippen molar-refractivity contribution in [3.05, 3.63) is 77.0 Å². The van der Waals surface area contributed by atoms with Crippen molar-refractivity contribution in [2.24, 2.45) is 0 Å². The first-order valence-electron chi connectivity index (χ1n) is 13.4. The molecule has 2 aromatic carbocycles. The van der Waals surface area contributed by atoms with Gasteiger partial charge in [0.1, 0.15) is 11.5 Å². The molecule has 1 unspecified atom stereocenters. The lowest BCUT2D eigenvalue weighted by Gasteiger charge is -2.41. The summed E-state index contributed by atoms with van der Waals surface area (Å²) >= 11 is 0. The van der Waals surface area contributed by atoms with E-state index in [-0.39, 0.29) is 29.9 Å². The van der Waals surface area contributed by atoms with Gasteiger partial charge in [0, 0.05) is 19.2 Å². The minimum atomic E-state index is -5.09. The zero-order chi connectivity index (χ0) is 33.0. The van der Waals surface area contributed by atoms with Crippen LogP contribution in [-0.4, -0.2) is 55.2 Å². The zero-order valence-corrected chi connectivity index (χ0v) is 25.3. The molecule has 14 heteroatoms. The van der Waals surface area contributed by atoms with Crippen LogP contribution in [0.25, 0.3) is 11.1 Å². The fourth-order valence-electron chi connectivity index (χ4n) is 5.31. The van der Waals surface area contributed by atoms with E-state index in [0.717, 1.165) is 10.5 Å². The standard InChI is InChI=1S/C30H31F6N3O4S/c1-18-8-6-7-9-22(18)23-15-25(39-10-11-44(42,43)17-28(39,4)41)37-16-24(23)38(5)26(40)27(2,3)19-12-20(29(31,32)33)14-21(13-19)30(34,35)36/h6-9,12-16,41H,10-11,17H2,1-5H3. The van der Waals surface area contributed by atoms with Gasteiger partial charge >= 0.3 is 12.4 Å². The van der Waals surface area contributed by atoms with Crippen LogP contribution >= 0.6 is 0 Å². The number of aromatic nitrogens is 1. The summed E-state index contributed by atoms with van der Waals surface area (Å²) in [4.78, 5) is 20.9. The van der Waals surface area contributed by atoms with Crippen molar-refractivity contribution < 1.29 is 44.7 Å². The van der Waals surface area contributed by atoms with E-state index >= 15 is 0 Å². The van der Waals surface area contributed by atoms with Crippen molar-refractivity contribution in [1.82, 2.24) is 4.98 Å². The first-order chi connectivity index (χ1) is 20.0. The predicted molar refractivity (Wildman–Crippen MR) is 154 cm³/mol. The Labute approximate surface area is 251 Å². The molecule has 1 amide bonds. The highest BCUT2D eigenvalue weighted by Crippen LogP contribution is 2.41. The fourth-order valence-corrected chi connectivity index (χ4v) is 6.90. The number of anilines is 2. The van der Waals surface area contributed by atoms with Gasteiger partial charge in [0.15, 0.2) is 9.84 Å². The third kappa shape index (κ3) is 6.55. The van der Waals surface area contributed by atoms with Gasteiger partial charge in [0.2, 0.25) is 5.91 Å². The van der Waals surface area contributed by atoms with Crippen molar-refractivity contribution in [1.29, 1.82) is 0 Å². The Balaban J connectivity index is 1.84. The molecule has 1 N–H and O–H groups in total. The number of sulfone groups is 1. The van der Waals surface area contributed by atoms with Crippen molar-refractivity contribution in [3.8, 4) is 11.1 Å². The van der Waals surface area contributed by atoms with Crippen LogP contribution in [0.4, 0.5) is 37.8 Å². The summed E-state index contributed by atoms with van der Waals surface area (Å²) in [5, 5.41) is 11.0. The monoisotopic (exact) mass is 643 g/mol. The number of aryl methyl sites for hydroxylation is 1. The number of carbonyl (C=O) groups is 1. The molecular weight excluding hydrogens is 612 g/mol. The van der Waals surface area contributed by atoms with E-state index in [1.54, 1.807) is 37.3 Å².